The number of nitriles is 1. The molecule has 0 unspecified atom stereocenters. The van der Waals surface area contributed by atoms with E-state index in [-0.39, 0.29) is 0 Å². The Hall–Kier alpha value is -1.86. The third kappa shape index (κ3) is 3.55. The molecule has 0 aliphatic rings. The van der Waals surface area contributed by atoms with Gasteiger partial charge in [0.2, 0.25) is 0 Å². The van der Waals surface area contributed by atoms with Crippen LogP contribution in [0, 0.1) is 17.1 Å². The maximum Gasteiger partial charge on any atom is 0.126 e. The van der Waals surface area contributed by atoms with Gasteiger partial charge >= 0.3 is 0 Å². The Morgan fingerprint density at radius 2 is 2.05 bits per heavy atom. The summed E-state index contributed by atoms with van der Waals surface area (Å²) >= 11 is 3.42. The molecule has 0 fully saturated rings. The van der Waals surface area contributed by atoms with E-state index in [1.807, 2.05) is 42.3 Å². The molecule has 0 radical (unpaired) electrons. The molecule has 4 heteroatoms. The lowest BCUT2D eigenvalue weighted by Gasteiger charge is -2.20. The van der Waals surface area contributed by atoms with Gasteiger partial charge in [0.05, 0.1) is 11.6 Å². The van der Waals surface area contributed by atoms with Crippen molar-refractivity contribution in [3.05, 3.63) is 63.9 Å². The molecule has 2 nitrogen and oxygen atoms in total. The van der Waals surface area contributed by atoms with Crippen molar-refractivity contribution >= 4 is 21.6 Å². The minimum atomic E-state index is -0.393. The molecule has 0 atom stereocenters. The minimum Gasteiger partial charge on any atom is -0.370 e. The van der Waals surface area contributed by atoms with E-state index in [4.69, 9.17) is 5.26 Å². The summed E-state index contributed by atoms with van der Waals surface area (Å²) in [6.45, 7) is 0.647. The van der Waals surface area contributed by atoms with E-state index in [1.54, 1.807) is 6.07 Å². The van der Waals surface area contributed by atoms with Crippen LogP contribution in [-0.2, 0) is 6.54 Å². The topological polar surface area (TPSA) is 27.0 Å². The lowest BCUT2D eigenvalue weighted by molar-refractivity contribution is 0.626. The number of rotatable bonds is 3. The maximum absolute atomic E-state index is 13.4. The predicted octanol–water partition coefficient (Wildman–Crippen LogP) is 4.10. The number of hydrogen-bond donors (Lipinski definition) is 0. The molecule has 0 saturated heterocycles. The predicted molar refractivity (Wildman–Crippen MR) is 77.4 cm³/mol. The van der Waals surface area contributed by atoms with Gasteiger partial charge in [0.15, 0.2) is 0 Å². The van der Waals surface area contributed by atoms with E-state index in [0.29, 0.717) is 17.8 Å². The molecule has 0 aliphatic heterocycles. The summed E-state index contributed by atoms with van der Waals surface area (Å²) in [5.41, 5.74) is 2.13. The van der Waals surface area contributed by atoms with E-state index < -0.39 is 5.82 Å². The number of hydrogen-bond acceptors (Lipinski definition) is 2. The van der Waals surface area contributed by atoms with Crippen LogP contribution in [0.2, 0.25) is 0 Å². The van der Waals surface area contributed by atoms with E-state index in [9.17, 15) is 4.39 Å². The zero-order valence-corrected chi connectivity index (χ0v) is 12.0. The van der Waals surface area contributed by atoms with Crippen LogP contribution in [0.3, 0.4) is 0 Å². The van der Waals surface area contributed by atoms with Crippen molar-refractivity contribution in [2.45, 2.75) is 6.54 Å². The first-order valence-corrected chi connectivity index (χ1v) is 6.54. The van der Waals surface area contributed by atoms with Crippen molar-refractivity contribution in [2.75, 3.05) is 11.9 Å². The van der Waals surface area contributed by atoms with Crippen molar-refractivity contribution in [1.29, 1.82) is 5.26 Å². The van der Waals surface area contributed by atoms with Crippen molar-refractivity contribution in [1.82, 2.24) is 0 Å². The molecule has 2 aromatic carbocycles. The summed E-state index contributed by atoms with van der Waals surface area (Å²) in [7, 11) is 1.87. The highest BCUT2D eigenvalue weighted by atomic mass is 79.9. The van der Waals surface area contributed by atoms with Gasteiger partial charge in [-0.25, -0.2) is 4.39 Å². The maximum atomic E-state index is 13.4. The standard InChI is InChI=1S/C15H12BrFN2/c1-19(10-11-3-2-4-13(16)5-11)15-7-12(9-18)6-14(17)8-15/h2-8H,10H2,1H3. The monoisotopic (exact) mass is 318 g/mol. The van der Waals surface area contributed by atoms with Gasteiger partial charge in [0, 0.05) is 23.8 Å². The summed E-state index contributed by atoms with van der Waals surface area (Å²) in [5.74, 6) is -0.393. The highest BCUT2D eigenvalue weighted by Gasteiger charge is 2.06. The zero-order chi connectivity index (χ0) is 13.8. The summed E-state index contributed by atoms with van der Waals surface area (Å²) < 4.78 is 14.4. The Labute approximate surface area is 120 Å². The fourth-order valence-corrected chi connectivity index (χ4v) is 2.31. The minimum absolute atomic E-state index is 0.330. The molecule has 0 amide bonds. The third-order valence-corrected chi connectivity index (χ3v) is 3.25. The average Bonchev–Trinajstić information content (AvgIpc) is 2.38. The Balaban J connectivity index is 2.23. The van der Waals surface area contributed by atoms with Gasteiger partial charge in [-0.1, -0.05) is 28.1 Å². The highest BCUT2D eigenvalue weighted by molar-refractivity contribution is 9.10. The van der Waals surface area contributed by atoms with Crippen LogP contribution >= 0.6 is 15.9 Å². The first-order chi connectivity index (χ1) is 9.08. The molecule has 0 saturated carbocycles. The van der Waals surface area contributed by atoms with Gasteiger partial charge in [0.1, 0.15) is 5.82 Å². The summed E-state index contributed by atoms with van der Waals surface area (Å²) in [4.78, 5) is 1.91. The van der Waals surface area contributed by atoms with Crippen LogP contribution < -0.4 is 4.90 Å². The molecular formula is C15H12BrFN2. The summed E-state index contributed by atoms with van der Waals surface area (Å²) in [5, 5.41) is 8.85. The molecule has 0 aliphatic carbocycles. The van der Waals surface area contributed by atoms with Crippen LogP contribution in [0.1, 0.15) is 11.1 Å². The molecule has 0 spiro atoms. The van der Waals surface area contributed by atoms with E-state index in [2.05, 4.69) is 15.9 Å². The number of anilines is 1. The SMILES string of the molecule is CN(Cc1cccc(Br)c1)c1cc(F)cc(C#N)c1. The quantitative estimate of drug-likeness (QED) is 0.852. The summed E-state index contributed by atoms with van der Waals surface area (Å²) in [6, 6.07) is 14.2. The van der Waals surface area contributed by atoms with Gasteiger partial charge in [-0.2, -0.15) is 5.26 Å². The second kappa shape index (κ2) is 5.85. The van der Waals surface area contributed by atoms with Gasteiger partial charge in [-0.15, -0.1) is 0 Å². The van der Waals surface area contributed by atoms with Gasteiger partial charge in [-0.3, -0.25) is 0 Å². The molecule has 2 aromatic rings. The normalized spacial score (nSPS) is 10.0. The zero-order valence-electron chi connectivity index (χ0n) is 10.4. The Morgan fingerprint density at radius 1 is 1.26 bits per heavy atom. The van der Waals surface area contributed by atoms with Crippen molar-refractivity contribution < 1.29 is 4.39 Å². The van der Waals surface area contributed by atoms with E-state index in [1.165, 1.54) is 12.1 Å². The highest BCUT2D eigenvalue weighted by Crippen LogP contribution is 2.20. The molecule has 96 valence electrons. The lowest BCUT2D eigenvalue weighted by atomic mass is 10.1. The van der Waals surface area contributed by atoms with Crippen LogP contribution in [0.25, 0.3) is 0 Å². The number of halogens is 2. The fourth-order valence-electron chi connectivity index (χ4n) is 1.86. The van der Waals surface area contributed by atoms with Crippen LogP contribution in [0.5, 0.6) is 0 Å². The molecular weight excluding hydrogens is 307 g/mol. The fraction of sp³-hybridized carbons (Fsp3) is 0.133. The van der Waals surface area contributed by atoms with E-state index in [0.717, 1.165) is 10.0 Å². The number of benzene rings is 2. The molecule has 19 heavy (non-hydrogen) atoms. The smallest absolute Gasteiger partial charge is 0.126 e. The molecule has 0 N–H and O–H groups in total. The lowest BCUT2D eigenvalue weighted by Crippen LogP contribution is -2.16. The number of nitrogens with zero attached hydrogens (tertiary/aromatic N) is 2. The van der Waals surface area contributed by atoms with Crippen molar-refractivity contribution in [3.63, 3.8) is 0 Å². The van der Waals surface area contributed by atoms with Gasteiger partial charge < -0.3 is 4.90 Å². The average molecular weight is 319 g/mol. The molecule has 0 bridgehead atoms. The second-order valence-electron chi connectivity index (χ2n) is 4.30. The van der Waals surface area contributed by atoms with E-state index >= 15 is 0 Å². The largest absolute Gasteiger partial charge is 0.370 e. The summed E-state index contributed by atoms with van der Waals surface area (Å²) in [6.07, 6.45) is 0. The third-order valence-electron chi connectivity index (χ3n) is 2.76. The molecule has 2 rings (SSSR count). The van der Waals surface area contributed by atoms with Crippen molar-refractivity contribution in [3.8, 4) is 6.07 Å². The van der Waals surface area contributed by atoms with Crippen LogP contribution in [0.15, 0.2) is 46.9 Å². The van der Waals surface area contributed by atoms with Gasteiger partial charge in [-0.05, 0) is 35.9 Å². The Morgan fingerprint density at radius 3 is 2.74 bits per heavy atom. The molecule has 0 aromatic heterocycles. The van der Waals surface area contributed by atoms with Crippen LogP contribution in [0.4, 0.5) is 10.1 Å². The second-order valence-corrected chi connectivity index (χ2v) is 5.21. The first kappa shape index (κ1) is 13.6. The molecule has 0 heterocycles. The first-order valence-electron chi connectivity index (χ1n) is 5.75. The Kier molecular flexibility index (Phi) is 4.18. The Bertz CT molecular complexity index is 634. The van der Waals surface area contributed by atoms with Crippen LogP contribution in [-0.4, -0.2) is 7.05 Å². The van der Waals surface area contributed by atoms with Gasteiger partial charge in [0.25, 0.3) is 0 Å². The van der Waals surface area contributed by atoms with Crippen molar-refractivity contribution in [2.24, 2.45) is 0 Å².